The van der Waals surface area contributed by atoms with Crippen LogP contribution in [0.1, 0.15) is 40.5 Å². The van der Waals surface area contributed by atoms with E-state index in [2.05, 4.69) is 55.3 Å². The minimum absolute atomic E-state index is 0.466. The molecule has 2 atom stereocenters. The van der Waals surface area contributed by atoms with Gasteiger partial charge >= 0.3 is 0 Å². The van der Waals surface area contributed by atoms with Crippen LogP contribution in [-0.4, -0.2) is 50.1 Å². The van der Waals surface area contributed by atoms with Gasteiger partial charge in [-0.1, -0.05) is 13.8 Å². The minimum Gasteiger partial charge on any atom is -0.355 e. The first kappa shape index (κ1) is 16.2. The van der Waals surface area contributed by atoms with Crippen LogP contribution in [0.2, 0.25) is 0 Å². The average Bonchev–Trinajstić information content (AvgIpc) is 2.35. The molecule has 4 nitrogen and oxygen atoms in total. The zero-order valence-corrected chi connectivity index (χ0v) is 12.4. The van der Waals surface area contributed by atoms with E-state index in [0.29, 0.717) is 12.1 Å². The molecule has 0 aliphatic heterocycles. The molecule has 0 heterocycles. The molecule has 0 aromatic rings. The van der Waals surface area contributed by atoms with Gasteiger partial charge in [0.1, 0.15) is 0 Å². The summed E-state index contributed by atoms with van der Waals surface area (Å²) in [5, 5.41) is 6.70. The quantitative estimate of drug-likeness (QED) is 0.527. The molecule has 17 heavy (non-hydrogen) atoms. The molecular weight excluding hydrogens is 212 g/mol. The van der Waals surface area contributed by atoms with E-state index in [9.17, 15) is 0 Å². The Hall–Kier alpha value is -0.770. The van der Waals surface area contributed by atoms with E-state index in [-0.39, 0.29) is 0 Å². The zero-order chi connectivity index (χ0) is 13.3. The fourth-order valence-corrected chi connectivity index (χ4v) is 1.41. The SMILES string of the molecule is CCC(C)NC(=NC)NCCN(C)C(C)CC. The summed E-state index contributed by atoms with van der Waals surface area (Å²) in [7, 11) is 3.98. The highest BCUT2D eigenvalue weighted by Gasteiger charge is 2.06. The second-order valence-electron chi connectivity index (χ2n) is 4.69. The van der Waals surface area contributed by atoms with Gasteiger partial charge in [0.25, 0.3) is 0 Å². The van der Waals surface area contributed by atoms with Crippen molar-refractivity contribution in [2.45, 2.75) is 52.6 Å². The Bertz CT molecular complexity index is 215. The number of likely N-dealkylation sites (N-methyl/N-ethyl adjacent to an activating group) is 1. The number of hydrogen-bond donors (Lipinski definition) is 2. The van der Waals surface area contributed by atoms with Crippen molar-refractivity contribution >= 4 is 5.96 Å². The molecule has 0 aliphatic carbocycles. The predicted molar refractivity (Wildman–Crippen MR) is 76.6 cm³/mol. The molecule has 4 heteroatoms. The first-order valence-electron chi connectivity index (χ1n) is 6.72. The Morgan fingerprint density at radius 2 is 1.88 bits per heavy atom. The van der Waals surface area contributed by atoms with Crippen LogP contribution in [-0.2, 0) is 0 Å². The number of guanidine groups is 1. The molecule has 2 N–H and O–H groups in total. The Morgan fingerprint density at radius 3 is 2.35 bits per heavy atom. The van der Waals surface area contributed by atoms with Gasteiger partial charge in [-0.3, -0.25) is 4.99 Å². The lowest BCUT2D eigenvalue weighted by Gasteiger charge is -2.24. The third-order valence-electron chi connectivity index (χ3n) is 3.32. The Kier molecular flexibility index (Phi) is 8.86. The fourth-order valence-electron chi connectivity index (χ4n) is 1.41. The number of aliphatic imine (C=N–C) groups is 1. The van der Waals surface area contributed by atoms with Crippen LogP contribution in [0.15, 0.2) is 4.99 Å². The van der Waals surface area contributed by atoms with Gasteiger partial charge in [-0.15, -0.1) is 0 Å². The number of rotatable bonds is 7. The van der Waals surface area contributed by atoms with E-state index in [0.717, 1.165) is 25.5 Å². The van der Waals surface area contributed by atoms with Crippen LogP contribution in [0.5, 0.6) is 0 Å². The summed E-state index contributed by atoms with van der Waals surface area (Å²) in [6, 6.07) is 1.11. The molecule has 0 saturated heterocycles. The summed E-state index contributed by atoms with van der Waals surface area (Å²) < 4.78 is 0. The molecule has 0 rings (SSSR count). The van der Waals surface area contributed by atoms with Gasteiger partial charge in [0, 0.05) is 32.2 Å². The lowest BCUT2D eigenvalue weighted by atomic mass is 10.2. The maximum atomic E-state index is 4.21. The smallest absolute Gasteiger partial charge is 0.191 e. The van der Waals surface area contributed by atoms with Crippen LogP contribution in [0.25, 0.3) is 0 Å². The van der Waals surface area contributed by atoms with Crippen LogP contribution < -0.4 is 10.6 Å². The number of nitrogens with zero attached hydrogens (tertiary/aromatic N) is 2. The first-order valence-corrected chi connectivity index (χ1v) is 6.72. The Labute approximate surface area is 107 Å². The monoisotopic (exact) mass is 242 g/mol. The van der Waals surface area contributed by atoms with Crippen LogP contribution in [0, 0.1) is 0 Å². The summed E-state index contributed by atoms with van der Waals surface area (Å²) in [6.07, 6.45) is 2.30. The van der Waals surface area contributed by atoms with Crippen molar-refractivity contribution in [1.82, 2.24) is 15.5 Å². The van der Waals surface area contributed by atoms with Crippen molar-refractivity contribution in [1.29, 1.82) is 0 Å². The molecular formula is C13H30N4. The third-order valence-corrected chi connectivity index (χ3v) is 3.32. The van der Waals surface area contributed by atoms with Crippen molar-refractivity contribution in [2.24, 2.45) is 4.99 Å². The van der Waals surface area contributed by atoms with Crippen LogP contribution in [0.3, 0.4) is 0 Å². The van der Waals surface area contributed by atoms with Gasteiger partial charge in [0.05, 0.1) is 0 Å². The Balaban J connectivity index is 3.85. The standard InChI is InChI=1S/C13H30N4/c1-7-11(3)16-13(14-5)15-9-10-17(6)12(4)8-2/h11-12H,7-10H2,1-6H3,(H2,14,15,16). The van der Waals surface area contributed by atoms with Gasteiger partial charge < -0.3 is 15.5 Å². The summed E-state index contributed by atoms with van der Waals surface area (Å²) >= 11 is 0. The maximum Gasteiger partial charge on any atom is 0.191 e. The van der Waals surface area contributed by atoms with Crippen LogP contribution in [0.4, 0.5) is 0 Å². The number of hydrogen-bond acceptors (Lipinski definition) is 2. The molecule has 0 aromatic carbocycles. The summed E-state index contributed by atoms with van der Waals surface area (Å²) in [4.78, 5) is 6.58. The molecule has 0 aromatic heterocycles. The summed E-state index contributed by atoms with van der Waals surface area (Å²) in [5.41, 5.74) is 0. The van der Waals surface area contributed by atoms with Crippen molar-refractivity contribution in [3.8, 4) is 0 Å². The van der Waals surface area contributed by atoms with Crippen molar-refractivity contribution in [3.63, 3.8) is 0 Å². The van der Waals surface area contributed by atoms with E-state index in [1.54, 1.807) is 0 Å². The van der Waals surface area contributed by atoms with Crippen molar-refractivity contribution in [3.05, 3.63) is 0 Å². The first-order chi connectivity index (χ1) is 8.04. The highest BCUT2D eigenvalue weighted by molar-refractivity contribution is 5.79. The van der Waals surface area contributed by atoms with E-state index >= 15 is 0 Å². The molecule has 102 valence electrons. The third kappa shape index (κ3) is 7.21. The summed E-state index contributed by atoms with van der Waals surface area (Å²) in [5.74, 6) is 0.900. The molecule has 0 amide bonds. The summed E-state index contributed by atoms with van der Waals surface area (Å²) in [6.45, 7) is 10.8. The van der Waals surface area contributed by atoms with Gasteiger partial charge in [-0.2, -0.15) is 0 Å². The zero-order valence-electron chi connectivity index (χ0n) is 12.4. The average molecular weight is 242 g/mol. The van der Waals surface area contributed by atoms with Crippen LogP contribution >= 0.6 is 0 Å². The number of nitrogens with one attached hydrogen (secondary N) is 2. The Morgan fingerprint density at radius 1 is 1.24 bits per heavy atom. The van der Waals surface area contributed by atoms with Gasteiger partial charge in [-0.25, -0.2) is 0 Å². The molecule has 0 bridgehead atoms. The van der Waals surface area contributed by atoms with E-state index in [1.165, 1.54) is 6.42 Å². The van der Waals surface area contributed by atoms with Gasteiger partial charge in [0.15, 0.2) is 5.96 Å². The van der Waals surface area contributed by atoms with E-state index in [1.807, 2.05) is 7.05 Å². The highest BCUT2D eigenvalue weighted by Crippen LogP contribution is 1.98. The lowest BCUT2D eigenvalue weighted by molar-refractivity contribution is 0.255. The van der Waals surface area contributed by atoms with Gasteiger partial charge in [0.2, 0.25) is 0 Å². The molecule has 0 spiro atoms. The van der Waals surface area contributed by atoms with E-state index < -0.39 is 0 Å². The normalized spacial score (nSPS) is 15.8. The topological polar surface area (TPSA) is 39.7 Å². The van der Waals surface area contributed by atoms with Gasteiger partial charge in [-0.05, 0) is 33.7 Å². The lowest BCUT2D eigenvalue weighted by Crippen LogP contribution is -2.45. The second kappa shape index (κ2) is 9.28. The molecule has 0 saturated carbocycles. The molecule has 2 unspecified atom stereocenters. The minimum atomic E-state index is 0.466. The second-order valence-corrected chi connectivity index (χ2v) is 4.69. The van der Waals surface area contributed by atoms with E-state index in [4.69, 9.17) is 0 Å². The molecule has 0 radical (unpaired) electrons. The largest absolute Gasteiger partial charge is 0.355 e. The fraction of sp³-hybridized carbons (Fsp3) is 0.923. The van der Waals surface area contributed by atoms with Crippen molar-refractivity contribution in [2.75, 3.05) is 27.2 Å². The maximum absolute atomic E-state index is 4.21. The molecule has 0 aliphatic rings. The highest BCUT2D eigenvalue weighted by atomic mass is 15.2. The van der Waals surface area contributed by atoms with Crippen molar-refractivity contribution < 1.29 is 0 Å². The molecule has 0 fully saturated rings. The predicted octanol–water partition coefficient (Wildman–Crippen LogP) is 1.68.